The van der Waals surface area contributed by atoms with E-state index >= 15 is 0 Å². The minimum absolute atomic E-state index is 0.0363. The molecule has 0 spiro atoms. The van der Waals surface area contributed by atoms with Gasteiger partial charge in [-0.05, 0) is 6.92 Å². The van der Waals surface area contributed by atoms with Crippen LogP contribution in [0.1, 0.15) is 17.6 Å². The standard InChI is InChI=1S/C7H9N2OS/c1-5-4-11-7(9-5)3-8-6(2)10/h4H,1,3H2,2H3,(H,8,10). The van der Waals surface area contributed by atoms with Gasteiger partial charge in [-0.15, -0.1) is 11.3 Å². The number of rotatable bonds is 2. The molecule has 1 rings (SSSR count). The summed E-state index contributed by atoms with van der Waals surface area (Å²) in [5.74, 6) is -0.0363. The average Bonchev–Trinajstić information content (AvgIpc) is 2.31. The van der Waals surface area contributed by atoms with E-state index in [1.807, 2.05) is 5.38 Å². The van der Waals surface area contributed by atoms with E-state index in [-0.39, 0.29) is 5.91 Å². The van der Waals surface area contributed by atoms with Gasteiger partial charge in [0.25, 0.3) is 0 Å². The highest BCUT2D eigenvalue weighted by atomic mass is 32.1. The quantitative estimate of drug-likeness (QED) is 0.716. The second-order valence-corrected chi connectivity index (χ2v) is 3.08. The molecule has 1 radical (unpaired) electrons. The fourth-order valence-electron chi connectivity index (χ4n) is 0.630. The van der Waals surface area contributed by atoms with Gasteiger partial charge < -0.3 is 5.32 Å². The average molecular weight is 169 g/mol. The minimum Gasteiger partial charge on any atom is -0.350 e. The third-order valence-electron chi connectivity index (χ3n) is 1.09. The normalized spacial score (nSPS) is 9.64. The maximum Gasteiger partial charge on any atom is 0.217 e. The minimum atomic E-state index is -0.0363. The molecule has 11 heavy (non-hydrogen) atoms. The molecule has 0 aromatic carbocycles. The van der Waals surface area contributed by atoms with Gasteiger partial charge in [-0.2, -0.15) is 0 Å². The summed E-state index contributed by atoms with van der Waals surface area (Å²) in [5, 5.41) is 5.41. The molecule has 1 heterocycles. The highest BCUT2D eigenvalue weighted by molar-refractivity contribution is 7.09. The SMILES string of the molecule is [CH2]c1csc(CNC(C)=O)n1. The first-order chi connectivity index (χ1) is 5.18. The van der Waals surface area contributed by atoms with Crippen molar-refractivity contribution in [3.05, 3.63) is 23.0 Å². The number of hydrogen-bond acceptors (Lipinski definition) is 3. The van der Waals surface area contributed by atoms with Gasteiger partial charge in [-0.1, -0.05) is 0 Å². The summed E-state index contributed by atoms with van der Waals surface area (Å²) in [6.45, 7) is 5.65. The van der Waals surface area contributed by atoms with Crippen molar-refractivity contribution in [2.24, 2.45) is 0 Å². The molecule has 3 nitrogen and oxygen atoms in total. The predicted molar refractivity (Wildman–Crippen MR) is 44.1 cm³/mol. The van der Waals surface area contributed by atoms with Crippen molar-refractivity contribution in [1.29, 1.82) is 0 Å². The monoisotopic (exact) mass is 169 g/mol. The van der Waals surface area contributed by atoms with Crippen LogP contribution in [0.5, 0.6) is 0 Å². The Morgan fingerprint density at radius 3 is 3.09 bits per heavy atom. The van der Waals surface area contributed by atoms with Crippen LogP contribution in [0.2, 0.25) is 0 Å². The Hall–Kier alpha value is -0.900. The molecule has 0 unspecified atom stereocenters. The van der Waals surface area contributed by atoms with Crippen molar-refractivity contribution in [2.75, 3.05) is 0 Å². The van der Waals surface area contributed by atoms with Crippen LogP contribution in [-0.4, -0.2) is 10.9 Å². The van der Waals surface area contributed by atoms with Crippen LogP contribution in [0.3, 0.4) is 0 Å². The molecule has 1 amide bonds. The van der Waals surface area contributed by atoms with Crippen LogP contribution in [0, 0.1) is 6.92 Å². The van der Waals surface area contributed by atoms with Gasteiger partial charge in [-0.25, -0.2) is 4.98 Å². The van der Waals surface area contributed by atoms with E-state index in [0.717, 1.165) is 10.7 Å². The fraction of sp³-hybridized carbons (Fsp3) is 0.286. The number of nitrogens with zero attached hydrogens (tertiary/aromatic N) is 1. The lowest BCUT2D eigenvalue weighted by molar-refractivity contribution is -0.119. The van der Waals surface area contributed by atoms with Crippen molar-refractivity contribution in [2.45, 2.75) is 13.5 Å². The molecular weight excluding hydrogens is 160 g/mol. The molecule has 0 fully saturated rings. The van der Waals surface area contributed by atoms with Gasteiger partial charge in [-0.3, -0.25) is 4.79 Å². The van der Waals surface area contributed by atoms with Crippen molar-refractivity contribution in [3.8, 4) is 0 Å². The van der Waals surface area contributed by atoms with E-state index in [4.69, 9.17) is 0 Å². The second kappa shape index (κ2) is 3.48. The Labute approximate surface area is 69.5 Å². The smallest absolute Gasteiger partial charge is 0.217 e. The van der Waals surface area contributed by atoms with E-state index in [0.29, 0.717) is 6.54 Å². The van der Waals surface area contributed by atoms with E-state index in [1.165, 1.54) is 18.3 Å². The first-order valence-electron chi connectivity index (χ1n) is 3.19. The summed E-state index contributed by atoms with van der Waals surface area (Å²) in [7, 11) is 0. The topological polar surface area (TPSA) is 42.0 Å². The molecular formula is C7H9N2OS. The van der Waals surface area contributed by atoms with Gasteiger partial charge in [0, 0.05) is 12.3 Å². The summed E-state index contributed by atoms with van der Waals surface area (Å²) in [6, 6.07) is 0. The number of hydrogen-bond donors (Lipinski definition) is 1. The first-order valence-corrected chi connectivity index (χ1v) is 4.07. The Bertz CT molecular complexity index is 257. The third kappa shape index (κ3) is 2.67. The zero-order valence-corrected chi connectivity index (χ0v) is 7.07. The number of amides is 1. The maximum absolute atomic E-state index is 10.5. The Kier molecular flexibility index (Phi) is 2.59. The van der Waals surface area contributed by atoms with Gasteiger partial charge >= 0.3 is 0 Å². The number of nitrogens with one attached hydrogen (secondary N) is 1. The molecule has 0 aliphatic rings. The molecule has 0 aliphatic heterocycles. The molecule has 1 aromatic heterocycles. The van der Waals surface area contributed by atoms with Crippen LogP contribution in [0.15, 0.2) is 5.38 Å². The second-order valence-electron chi connectivity index (χ2n) is 2.14. The number of carbonyl (C=O) groups excluding carboxylic acids is 1. The zero-order valence-electron chi connectivity index (χ0n) is 6.26. The zero-order chi connectivity index (χ0) is 8.27. The number of carbonyl (C=O) groups is 1. The highest BCUT2D eigenvalue weighted by Crippen LogP contribution is 2.07. The lowest BCUT2D eigenvalue weighted by Gasteiger charge is -1.95. The summed E-state index contributed by atoms with van der Waals surface area (Å²) in [5.41, 5.74) is 0.760. The van der Waals surface area contributed by atoms with Crippen molar-refractivity contribution in [1.82, 2.24) is 10.3 Å². The fourth-order valence-corrected chi connectivity index (χ4v) is 1.28. The molecule has 1 aromatic rings. The van der Waals surface area contributed by atoms with Gasteiger partial charge in [0.05, 0.1) is 12.2 Å². The summed E-state index contributed by atoms with van der Waals surface area (Å²) in [6.07, 6.45) is 0. The van der Waals surface area contributed by atoms with Crippen LogP contribution in [-0.2, 0) is 11.3 Å². The predicted octanol–water partition coefficient (Wildman–Crippen LogP) is 0.961. The molecule has 1 N–H and O–H groups in total. The molecule has 0 saturated carbocycles. The maximum atomic E-state index is 10.5. The highest BCUT2D eigenvalue weighted by Gasteiger charge is 1.97. The van der Waals surface area contributed by atoms with Gasteiger partial charge in [0.1, 0.15) is 5.01 Å². The van der Waals surface area contributed by atoms with E-state index < -0.39 is 0 Å². The molecule has 0 bridgehead atoms. The van der Waals surface area contributed by atoms with Crippen LogP contribution in [0.4, 0.5) is 0 Å². The van der Waals surface area contributed by atoms with Crippen LogP contribution < -0.4 is 5.32 Å². The first kappa shape index (κ1) is 8.20. The molecule has 0 atom stereocenters. The number of aromatic nitrogens is 1. The lowest BCUT2D eigenvalue weighted by Crippen LogP contribution is -2.18. The summed E-state index contributed by atoms with van der Waals surface area (Å²) in [4.78, 5) is 14.5. The number of thiazole rings is 1. The summed E-state index contributed by atoms with van der Waals surface area (Å²) < 4.78 is 0. The lowest BCUT2D eigenvalue weighted by atomic mass is 10.5. The van der Waals surface area contributed by atoms with Crippen LogP contribution >= 0.6 is 11.3 Å². The van der Waals surface area contributed by atoms with Gasteiger partial charge in [0.2, 0.25) is 5.91 Å². The van der Waals surface area contributed by atoms with E-state index in [9.17, 15) is 4.79 Å². The van der Waals surface area contributed by atoms with Gasteiger partial charge in [0.15, 0.2) is 0 Å². The largest absolute Gasteiger partial charge is 0.350 e. The molecule has 0 saturated heterocycles. The molecule has 0 aliphatic carbocycles. The molecule has 4 heteroatoms. The van der Waals surface area contributed by atoms with Crippen LogP contribution in [0.25, 0.3) is 0 Å². The third-order valence-corrected chi connectivity index (χ3v) is 1.99. The van der Waals surface area contributed by atoms with Crippen molar-refractivity contribution < 1.29 is 4.79 Å². The van der Waals surface area contributed by atoms with Crippen molar-refractivity contribution in [3.63, 3.8) is 0 Å². The Morgan fingerprint density at radius 1 is 1.91 bits per heavy atom. The summed E-state index contributed by atoms with van der Waals surface area (Å²) >= 11 is 1.50. The Balaban J connectivity index is 2.45. The van der Waals surface area contributed by atoms with Crippen molar-refractivity contribution >= 4 is 17.2 Å². The van der Waals surface area contributed by atoms with E-state index in [2.05, 4.69) is 17.2 Å². The molecule has 59 valence electrons. The van der Waals surface area contributed by atoms with E-state index in [1.54, 1.807) is 0 Å². The Morgan fingerprint density at radius 2 is 2.64 bits per heavy atom.